The Morgan fingerprint density at radius 1 is 1.10 bits per heavy atom. The van der Waals surface area contributed by atoms with Gasteiger partial charge in [0, 0.05) is 19.8 Å². The molecule has 1 aliphatic heterocycles. The predicted octanol–water partition coefficient (Wildman–Crippen LogP) is 3.22. The molecule has 0 atom stereocenters. The van der Waals surface area contributed by atoms with Gasteiger partial charge in [0.15, 0.2) is 0 Å². The topological polar surface area (TPSA) is 36.4 Å². The summed E-state index contributed by atoms with van der Waals surface area (Å²) in [5, 5.41) is 0. The van der Waals surface area contributed by atoms with E-state index in [2.05, 4.69) is 11.9 Å². The minimum absolute atomic E-state index is 0.0201. The fourth-order valence-corrected chi connectivity index (χ4v) is 2.62. The zero-order valence-corrected chi connectivity index (χ0v) is 11.7. The molecule has 0 bridgehead atoms. The van der Waals surface area contributed by atoms with Crippen molar-refractivity contribution in [3.63, 3.8) is 0 Å². The zero-order valence-electron chi connectivity index (χ0n) is 11.7. The van der Waals surface area contributed by atoms with E-state index in [4.69, 9.17) is 0 Å². The largest absolute Gasteiger partial charge is 0.327 e. The second kappa shape index (κ2) is 4.96. The van der Waals surface area contributed by atoms with Gasteiger partial charge in [-0.05, 0) is 30.7 Å². The van der Waals surface area contributed by atoms with Crippen molar-refractivity contribution in [1.82, 2.24) is 4.98 Å². The summed E-state index contributed by atoms with van der Waals surface area (Å²) in [6.45, 7) is 2.78. The smallest absolute Gasteiger partial charge is 0.262 e. The first-order valence-corrected chi connectivity index (χ1v) is 6.83. The van der Waals surface area contributed by atoms with Gasteiger partial charge in [-0.2, -0.15) is 0 Å². The van der Waals surface area contributed by atoms with Gasteiger partial charge in [-0.1, -0.05) is 19.1 Å². The summed E-state index contributed by atoms with van der Waals surface area (Å²) in [6, 6.07) is 11.6. The molecule has 1 aliphatic rings. The molecular formula is C16H17N3O. The third-order valence-corrected chi connectivity index (χ3v) is 3.56. The predicted molar refractivity (Wildman–Crippen MR) is 80.7 cm³/mol. The molecule has 4 nitrogen and oxygen atoms in total. The van der Waals surface area contributed by atoms with Gasteiger partial charge in [-0.3, -0.25) is 4.79 Å². The summed E-state index contributed by atoms with van der Waals surface area (Å²) in [7, 11) is 1.95. The Hall–Kier alpha value is -2.36. The first-order valence-electron chi connectivity index (χ1n) is 6.83. The van der Waals surface area contributed by atoms with E-state index in [1.807, 2.05) is 53.2 Å². The van der Waals surface area contributed by atoms with Crippen LogP contribution in [0, 0.1) is 0 Å². The Bertz CT molecular complexity index is 654. The number of carbonyl (C=O) groups is 1. The average molecular weight is 267 g/mol. The maximum Gasteiger partial charge on any atom is 0.262 e. The Labute approximate surface area is 118 Å². The third kappa shape index (κ3) is 1.84. The molecule has 1 aromatic heterocycles. The quantitative estimate of drug-likeness (QED) is 0.838. The Morgan fingerprint density at radius 3 is 2.60 bits per heavy atom. The third-order valence-electron chi connectivity index (χ3n) is 3.56. The molecule has 0 aliphatic carbocycles. The van der Waals surface area contributed by atoms with Crippen LogP contribution in [0.2, 0.25) is 0 Å². The molecule has 102 valence electrons. The van der Waals surface area contributed by atoms with Crippen molar-refractivity contribution in [2.24, 2.45) is 0 Å². The molecule has 0 unspecified atom stereocenters. The van der Waals surface area contributed by atoms with Crippen LogP contribution in [0.1, 0.15) is 23.7 Å². The number of aromatic nitrogens is 1. The molecule has 1 amide bonds. The van der Waals surface area contributed by atoms with Gasteiger partial charge in [0.25, 0.3) is 5.91 Å². The number of carbonyl (C=O) groups excluding carboxylic acids is 1. The summed E-state index contributed by atoms with van der Waals surface area (Å²) < 4.78 is 0. The lowest BCUT2D eigenvalue weighted by atomic mass is 10.2. The fraction of sp³-hybridized carbons (Fsp3) is 0.250. The number of benzene rings is 1. The molecule has 0 saturated carbocycles. The van der Waals surface area contributed by atoms with Crippen LogP contribution in [-0.2, 0) is 0 Å². The van der Waals surface area contributed by atoms with E-state index in [1.165, 1.54) is 0 Å². The standard InChI is InChI=1S/C16H17N3O/c1-3-11-19-14-9-5-4-8-13(14)18(2)15-12(16(19)20)7-6-10-17-15/h4-10H,3,11H2,1-2H3. The number of amides is 1. The zero-order chi connectivity index (χ0) is 14.1. The van der Waals surface area contributed by atoms with E-state index >= 15 is 0 Å². The van der Waals surface area contributed by atoms with Crippen LogP contribution in [0.15, 0.2) is 42.6 Å². The Morgan fingerprint density at radius 2 is 1.85 bits per heavy atom. The number of pyridine rings is 1. The second-order valence-corrected chi connectivity index (χ2v) is 4.88. The molecule has 3 rings (SSSR count). The highest BCUT2D eigenvalue weighted by atomic mass is 16.2. The summed E-state index contributed by atoms with van der Waals surface area (Å²) in [5.41, 5.74) is 2.60. The van der Waals surface area contributed by atoms with E-state index in [0.717, 1.165) is 17.8 Å². The number of para-hydroxylation sites is 2. The molecule has 4 heteroatoms. The fourth-order valence-electron chi connectivity index (χ4n) is 2.62. The minimum Gasteiger partial charge on any atom is -0.327 e. The van der Waals surface area contributed by atoms with Crippen LogP contribution >= 0.6 is 0 Å². The molecule has 0 fully saturated rings. The van der Waals surface area contributed by atoms with Gasteiger partial charge in [-0.25, -0.2) is 4.98 Å². The van der Waals surface area contributed by atoms with Crippen molar-refractivity contribution in [3.05, 3.63) is 48.2 Å². The maximum absolute atomic E-state index is 12.8. The highest BCUT2D eigenvalue weighted by molar-refractivity contribution is 6.13. The van der Waals surface area contributed by atoms with Gasteiger partial charge in [-0.15, -0.1) is 0 Å². The van der Waals surface area contributed by atoms with E-state index in [-0.39, 0.29) is 5.91 Å². The first-order chi connectivity index (χ1) is 9.74. The van der Waals surface area contributed by atoms with E-state index in [0.29, 0.717) is 17.9 Å². The van der Waals surface area contributed by atoms with Gasteiger partial charge < -0.3 is 9.80 Å². The molecule has 0 spiro atoms. The monoisotopic (exact) mass is 267 g/mol. The highest BCUT2D eigenvalue weighted by Gasteiger charge is 2.29. The number of rotatable bonds is 2. The lowest BCUT2D eigenvalue weighted by molar-refractivity contribution is 0.0988. The summed E-state index contributed by atoms with van der Waals surface area (Å²) in [6.07, 6.45) is 2.64. The van der Waals surface area contributed by atoms with Crippen LogP contribution in [0.25, 0.3) is 0 Å². The van der Waals surface area contributed by atoms with Gasteiger partial charge >= 0.3 is 0 Å². The molecule has 0 N–H and O–H groups in total. The SMILES string of the molecule is CCCN1C(=O)c2cccnc2N(C)c2ccccc21. The van der Waals surface area contributed by atoms with E-state index in [1.54, 1.807) is 6.20 Å². The van der Waals surface area contributed by atoms with Crippen LogP contribution < -0.4 is 9.80 Å². The van der Waals surface area contributed by atoms with Gasteiger partial charge in [0.2, 0.25) is 0 Å². The van der Waals surface area contributed by atoms with Gasteiger partial charge in [0.05, 0.1) is 16.9 Å². The van der Waals surface area contributed by atoms with E-state index in [9.17, 15) is 4.79 Å². The molecule has 1 aromatic carbocycles. The van der Waals surface area contributed by atoms with E-state index < -0.39 is 0 Å². The summed E-state index contributed by atoms with van der Waals surface area (Å²) in [4.78, 5) is 21.0. The van der Waals surface area contributed by atoms with Crippen molar-refractivity contribution in [2.45, 2.75) is 13.3 Å². The van der Waals surface area contributed by atoms with Crippen molar-refractivity contribution in [3.8, 4) is 0 Å². The molecule has 20 heavy (non-hydrogen) atoms. The Balaban J connectivity index is 2.25. The van der Waals surface area contributed by atoms with Crippen molar-refractivity contribution in [1.29, 1.82) is 0 Å². The minimum atomic E-state index is 0.0201. The van der Waals surface area contributed by atoms with Crippen molar-refractivity contribution in [2.75, 3.05) is 23.4 Å². The number of anilines is 3. The maximum atomic E-state index is 12.8. The molecule has 0 saturated heterocycles. The molecular weight excluding hydrogens is 250 g/mol. The number of nitrogens with zero attached hydrogens (tertiary/aromatic N) is 3. The molecule has 2 heterocycles. The normalized spacial score (nSPS) is 13.8. The van der Waals surface area contributed by atoms with Crippen LogP contribution in [0.4, 0.5) is 17.2 Å². The lowest BCUT2D eigenvalue weighted by Crippen LogP contribution is -2.31. The van der Waals surface area contributed by atoms with Crippen LogP contribution in [-0.4, -0.2) is 24.5 Å². The van der Waals surface area contributed by atoms with Crippen LogP contribution in [0.3, 0.4) is 0 Å². The first kappa shape index (κ1) is 12.7. The van der Waals surface area contributed by atoms with Crippen molar-refractivity contribution >= 4 is 23.1 Å². The van der Waals surface area contributed by atoms with Crippen LogP contribution in [0.5, 0.6) is 0 Å². The molecule has 0 radical (unpaired) electrons. The number of fused-ring (bicyclic) bond motifs is 2. The summed E-state index contributed by atoms with van der Waals surface area (Å²) in [5.74, 6) is 0.732. The summed E-state index contributed by atoms with van der Waals surface area (Å²) >= 11 is 0. The number of hydrogen-bond acceptors (Lipinski definition) is 3. The second-order valence-electron chi connectivity index (χ2n) is 4.88. The lowest BCUT2D eigenvalue weighted by Gasteiger charge is -2.23. The van der Waals surface area contributed by atoms with Gasteiger partial charge in [0.1, 0.15) is 5.82 Å². The van der Waals surface area contributed by atoms with Crippen molar-refractivity contribution < 1.29 is 4.79 Å². The number of hydrogen-bond donors (Lipinski definition) is 0. The average Bonchev–Trinajstić information content (AvgIpc) is 2.58. The molecule has 2 aromatic rings. The Kier molecular flexibility index (Phi) is 3.14. The highest BCUT2D eigenvalue weighted by Crippen LogP contribution is 2.38.